The van der Waals surface area contributed by atoms with Gasteiger partial charge < -0.3 is 9.52 Å². The lowest BCUT2D eigenvalue weighted by Gasteiger charge is -2.30. The number of furan rings is 1. The van der Waals surface area contributed by atoms with Crippen LogP contribution in [0.15, 0.2) is 98.6 Å². The SMILES string of the molecule is O=C(O)c1cc(-c2ccc(/C=c3/sc4n(c3=O)[C@H](c3ccc(Cl)cc3)C3=C(N=4)c4ccccc4CC3)o2)ccc1Cl. The van der Waals surface area contributed by atoms with Crippen molar-refractivity contribution in [3.8, 4) is 11.3 Å². The molecule has 41 heavy (non-hydrogen) atoms. The number of aryl methyl sites for hydroxylation is 1. The molecule has 6 nitrogen and oxygen atoms in total. The van der Waals surface area contributed by atoms with Crippen LogP contribution < -0.4 is 14.9 Å². The molecule has 0 bridgehead atoms. The number of nitrogens with zero attached hydrogens (tertiary/aromatic N) is 2. The molecule has 1 N–H and O–H groups in total. The molecule has 1 aliphatic carbocycles. The van der Waals surface area contributed by atoms with E-state index in [0.717, 1.165) is 35.2 Å². The molecular weight excluding hydrogens is 579 g/mol. The van der Waals surface area contributed by atoms with Crippen molar-refractivity contribution in [2.75, 3.05) is 0 Å². The largest absolute Gasteiger partial charge is 0.478 e. The smallest absolute Gasteiger partial charge is 0.337 e. The van der Waals surface area contributed by atoms with E-state index in [-0.39, 0.29) is 22.2 Å². The molecule has 0 fully saturated rings. The van der Waals surface area contributed by atoms with E-state index < -0.39 is 5.97 Å². The lowest BCUT2D eigenvalue weighted by Crippen LogP contribution is -2.38. The molecule has 0 saturated carbocycles. The molecule has 0 unspecified atom stereocenters. The first-order valence-corrected chi connectivity index (χ1v) is 14.5. The molecule has 5 aromatic rings. The van der Waals surface area contributed by atoms with Gasteiger partial charge in [-0.2, -0.15) is 0 Å². The molecule has 9 heteroatoms. The second-order valence-electron chi connectivity index (χ2n) is 9.87. The van der Waals surface area contributed by atoms with Gasteiger partial charge in [0.05, 0.1) is 26.9 Å². The summed E-state index contributed by atoms with van der Waals surface area (Å²) in [5.41, 5.74) is 5.77. The Kier molecular flexibility index (Phi) is 6.31. The van der Waals surface area contributed by atoms with Crippen LogP contribution in [0.25, 0.3) is 23.1 Å². The van der Waals surface area contributed by atoms with Crippen molar-refractivity contribution in [2.24, 2.45) is 4.99 Å². The Morgan fingerprint density at radius 3 is 2.63 bits per heavy atom. The third kappa shape index (κ3) is 4.47. The Morgan fingerprint density at radius 2 is 1.83 bits per heavy atom. The zero-order valence-electron chi connectivity index (χ0n) is 21.3. The van der Waals surface area contributed by atoms with Gasteiger partial charge in [0.15, 0.2) is 4.80 Å². The molecule has 0 radical (unpaired) electrons. The molecule has 2 aliphatic rings. The van der Waals surface area contributed by atoms with Crippen LogP contribution in [0, 0.1) is 0 Å². The van der Waals surface area contributed by atoms with E-state index in [1.807, 2.05) is 36.4 Å². The summed E-state index contributed by atoms with van der Waals surface area (Å²) >= 11 is 13.5. The normalized spacial score (nSPS) is 16.1. The number of allylic oxidation sites excluding steroid dienone is 1. The number of carboxylic acid groups (broad SMARTS) is 1. The van der Waals surface area contributed by atoms with Crippen LogP contribution in [0.1, 0.15) is 45.3 Å². The summed E-state index contributed by atoms with van der Waals surface area (Å²) in [5, 5.41) is 10.2. The second kappa shape index (κ2) is 10.0. The third-order valence-electron chi connectivity index (χ3n) is 7.44. The summed E-state index contributed by atoms with van der Waals surface area (Å²) in [6, 6.07) is 23.8. The molecule has 1 aliphatic heterocycles. The van der Waals surface area contributed by atoms with Crippen molar-refractivity contribution in [1.29, 1.82) is 0 Å². The topological polar surface area (TPSA) is 84.8 Å². The van der Waals surface area contributed by atoms with Gasteiger partial charge >= 0.3 is 5.97 Å². The van der Waals surface area contributed by atoms with Crippen molar-refractivity contribution in [3.63, 3.8) is 0 Å². The number of carboxylic acids is 1. The van der Waals surface area contributed by atoms with Crippen LogP contribution in [0.5, 0.6) is 0 Å². The summed E-state index contributed by atoms with van der Waals surface area (Å²) < 4.78 is 8.27. The number of benzene rings is 3. The number of carbonyl (C=O) groups is 1. The van der Waals surface area contributed by atoms with E-state index in [0.29, 0.717) is 31.4 Å². The standard InChI is InChI=1S/C32H20Cl2N2O4S/c33-20-9-5-18(6-10-20)29-23-12-7-17-3-1-2-4-22(17)28(23)35-32-36(29)30(37)27(41-32)16-21-11-14-26(40-21)19-8-13-25(34)24(15-19)31(38)39/h1-6,8-11,13-16,29H,7,12H2,(H,38,39)/b27-16+/t29-/m1/s1. The van der Waals surface area contributed by atoms with Crippen LogP contribution in [0.2, 0.25) is 10.0 Å². The number of rotatable bonds is 4. The number of halogens is 2. The van der Waals surface area contributed by atoms with Crippen molar-refractivity contribution >= 4 is 52.3 Å². The Labute approximate surface area is 247 Å². The van der Waals surface area contributed by atoms with Crippen molar-refractivity contribution in [1.82, 2.24) is 4.57 Å². The molecule has 0 spiro atoms. The van der Waals surface area contributed by atoms with Gasteiger partial charge in [0, 0.05) is 22.2 Å². The maximum absolute atomic E-state index is 13.9. The Balaban J connectivity index is 1.37. The highest BCUT2D eigenvalue weighted by atomic mass is 35.5. The summed E-state index contributed by atoms with van der Waals surface area (Å²) in [4.78, 5) is 31.1. The van der Waals surface area contributed by atoms with E-state index >= 15 is 0 Å². The average Bonchev–Trinajstić information content (AvgIpc) is 3.57. The second-order valence-corrected chi connectivity index (χ2v) is 11.7. The third-order valence-corrected chi connectivity index (χ3v) is 9.00. The predicted molar refractivity (Wildman–Crippen MR) is 160 cm³/mol. The van der Waals surface area contributed by atoms with E-state index in [1.165, 1.54) is 29.0 Å². The van der Waals surface area contributed by atoms with Crippen molar-refractivity contribution in [2.45, 2.75) is 18.9 Å². The fourth-order valence-electron chi connectivity index (χ4n) is 5.52. The lowest BCUT2D eigenvalue weighted by atomic mass is 9.83. The van der Waals surface area contributed by atoms with E-state index in [9.17, 15) is 14.7 Å². The highest BCUT2D eigenvalue weighted by Gasteiger charge is 2.32. The summed E-state index contributed by atoms with van der Waals surface area (Å²) in [7, 11) is 0. The zero-order chi connectivity index (χ0) is 28.2. The molecule has 1 atom stereocenters. The molecule has 7 rings (SSSR count). The molecule has 2 aromatic heterocycles. The van der Waals surface area contributed by atoms with Crippen LogP contribution in [0.3, 0.4) is 0 Å². The predicted octanol–water partition coefficient (Wildman–Crippen LogP) is 6.58. The minimum Gasteiger partial charge on any atom is -0.478 e. The van der Waals surface area contributed by atoms with Crippen LogP contribution in [-0.2, 0) is 6.42 Å². The summed E-state index contributed by atoms with van der Waals surface area (Å²) in [5.74, 6) is -0.186. The highest BCUT2D eigenvalue weighted by Crippen LogP contribution is 2.41. The van der Waals surface area contributed by atoms with E-state index in [1.54, 1.807) is 28.8 Å². The first-order valence-electron chi connectivity index (χ1n) is 12.9. The van der Waals surface area contributed by atoms with Gasteiger partial charge in [-0.05, 0) is 72.0 Å². The maximum Gasteiger partial charge on any atom is 0.337 e. The Bertz CT molecular complexity index is 2090. The summed E-state index contributed by atoms with van der Waals surface area (Å²) in [6.07, 6.45) is 3.38. The van der Waals surface area contributed by atoms with Gasteiger partial charge in [-0.25, -0.2) is 9.79 Å². The molecule has 3 aromatic carbocycles. The number of hydrogen-bond donors (Lipinski definition) is 1. The number of aromatic nitrogens is 1. The first-order chi connectivity index (χ1) is 19.9. The lowest BCUT2D eigenvalue weighted by molar-refractivity contribution is 0.0697. The molecule has 0 saturated heterocycles. The maximum atomic E-state index is 13.9. The van der Waals surface area contributed by atoms with Crippen LogP contribution in [-0.4, -0.2) is 15.6 Å². The van der Waals surface area contributed by atoms with E-state index in [4.69, 9.17) is 32.6 Å². The Morgan fingerprint density at radius 1 is 1.02 bits per heavy atom. The molecule has 0 amide bonds. The van der Waals surface area contributed by atoms with Gasteiger partial charge in [-0.1, -0.05) is 70.9 Å². The van der Waals surface area contributed by atoms with Crippen molar-refractivity contribution in [3.05, 3.63) is 142 Å². The Hall–Kier alpha value is -4.17. The summed E-state index contributed by atoms with van der Waals surface area (Å²) in [6.45, 7) is 0. The zero-order valence-corrected chi connectivity index (χ0v) is 23.6. The highest BCUT2D eigenvalue weighted by molar-refractivity contribution is 7.07. The molecular formula is C32H20Cl2N2O4S. The van der Waals surface area contributed by atoms with Gasteiger partial charge in [0.2, 0.25) is 0 Å². The molecule has 202 valence electrons. The van der Waals surface area contributed by atoms with Crippen molar-refractivity contribution < 1.29 is 14.3 Å². The van der Waals surface area contributed by atoms with Crippen LogP contribution in [0.4, 0.5) is 0 Å². The van der Waals surface area contributed by atoms with Gasteiger partial charge in [-0.15, -0.1) is 0 Å². The number of thiazole rings is 1. The van der Waals surface area contributed by atoms with Gasteiger partial charge in [-0.3, -0.25) is 9.36 Å². The van der Waals surface area contributed by atoms with E-state index in [2.05, 4.69) is 12.1 Å². The minimum atomic E-state index is -1.12. The number of aromatic carboxylic acids is 1. The monoisotopic (exact) mass is 598 g/mol. The minimum absolute atomic E-state index is 0.0110. The fourth-order valence-corrected chi connectivity index (χ4v) is 6.83. The van der Waals surface area contributed by atoms with Gasteiger partial charge in [0.25, 0.3) is 5.56 Å². The van der Waals surface area contributed by atoms with Gasteiger partial charge in [0.1, 0.15) is 11.5 Å². The van der Waals surface area contributed by atoms with Crippen LogP contribution >= 0.6 is 34.5 Å². The fraction of sp³-hybridized carbons (Fsp3) is 0.0938. The average molecular weight is 599 g/mol. The first kappa shape index (κ1) is 25.8. The number of hydrogen-bond acceptors (Lipinski definition) is 5. The quantitative estimate of drug-likeness (QED) is 0.253. The number of fused-ring (bicyclic) bond motifs is 3. The molecule has 3 heterocycles.